The quantitative estimate of drug-likeness (QED) is 0.746. The van der Waals surface area contributed by atoms with E-state index in [0.717, 1.165) is 0 Å². The molecule has 0 saturated carbocycles. The van der Waals surface area contributed by atoms with Crippen molar-refractivity contribution in [2.24, 2.45) is 0 Å². The summed E-state index contributed by atoms with van der Waals surface area (Å²) >= 11 is 0. The fraction of sp³-hybridized carbons (Fsp3) is 0.833. The van der Waals surface area contributed by atoms with Crippen LogP contribution >= 0.6 is 0 Å². The van der Waals surface area contributed by atoms with Crippen LogP contribution in [0.2, 0.25) is 0 Å². The van der Waals surface area contributed by atoms with Gasteiger partial charge in [-0.25, -0.2) is 9.59 Å². The second-order valence-corrected chi connectivity index (χ2v) is 5.29. The van der Waals surface area contributed by atoms with Crippen molar-refractivity contribution in [2.45, 2.75) is 51.9 Å². The van der Waals surface area contributed by atoms with E-state index in [0.29, 0.717) is 0 Å². The zero-order valence-corrected chi connectivity index (χ0v) is 11.3. The Bertz CT molecular complexity index is 323. The summed E-state index contributed by atoms with van der Waals surface area (Å²) < 4.78 is 10.1. The summed E-state index contributed by atoms with van der Waals surface area (Å²) in [7, 11) is 0. The maximum Gasteiger partial charge on any atom is 0.411 e. The fourth-order valence-corrected chi connectivity index (χ4v) is 1.80. The smallest absolute Gasteiger partial charge is 0.411 e. The van der Waals surface area contributed by atoms with Gasteiger partial charge in [0.15, 0.2) is 0 Å². The average Bonchev–Trinajstić information content (AvgIpc) is 2.58. The summed E-state index contributed by atoms with van der Waals surface area (Å²) in [5.41, 5.74) is -0.635. The third-order valence-corrected chi connectivity index (χ3v) is 2.47. The van der Waals surface area contributed by atoms with Crippen LogP contribution in [0.3, 0.4) is 0 Å². The Morgan fingerprint density at radius 2 is 2.00 bits per heavy atom. The number of amides is 1. The van der Waals surface area contributed by atoms with Crippen molar-refractivity contribution < 1.29 is 24.2 Å². The molecule has 1 saturated heterocycles. The van der Waals surface area contributed by atoms with Crippen LogP contribution in [0.25, 0.3) is 0 Å². The van der Waals surface area contributed by atoms with Gasteiger partial charge in [-0.3, -0.25) is 4.90 Å². The number of nitrogens with zero attached hydrogens (tertiary/aromatic N) is 1. The molecular weight excluding hydrogens is 238 g/mol. The maximum absolute atomic E-state index is 11.9. The third kappa shape index (κ3) is 3.87. The second kappa shape index (κ2) is 5.56. The molecule has 104 valence electrons. The summed E-state index contributed by atoms with van der Waals surface area (Å²) in [5, 5.41) is 9.58. The Hall–Kier alpha value is -1.30. The van der Waals surface area contributed by atoms with Crippen molar-refractivity contribution in [1.82, 2.24) is 4.90 Å². The molecule has 1 fully saturated rings. The van der Waals surface area contributed by atoms with Crippen LogP contribution in [0, 0.1) is 0 Å². The molecule has 0 aromatic heterocycles. The lowest BCUT2D eigenvalue weighted by atomic mass is 10.2. The number of β-amino-alcohol motifs (C(OH)–C–C–N with tert-alkyl or cyclic N) is 1. The van der Waals surface area contributed by atoms with Crippen molar-refractivity contribution in [3.63, 3.8) is 0 Å². The Labute approximate surface area is 107 Å². The third-order valence-electron chi connectivity index (χ3n) is 2.47. The molecule has 0 bridgehead atoms. The normalized spacial score (nSPS) is 23.9. The number of aliphatic hydroxyl groups is 1. The van der Waals surface area contributed by atoms with Crippen LogP contribution < -0.4 is 0 Å². The zero-order chi connectivity index (χ0) is 13.9. The van der Waals surface area contributed by atoms with E-state index >= 15 is 0 Å². The molecule has 0 aromatic rings. The van der Waals surface area contributed by atoms with Gasteiger partial charge < -0.3 is 14.6 Å². The van der Waals surface area contributed by atoms with Crippen LogP contribution in [-0.4, -0.2) is 53.0 Å². The number of likely N-dealkylation sites (tertiary alicyclic amines) is 1. The lowest BCUT2D eigenvalue weighted by Crippen LogP contribution is -2.44. The first-order valence-electron chi connectivity index (χ1n) is 6.09. The number of hydrogen-bond acceptors (Lipinski definition) is 5. The SMILES string of the molecule is CCOC(=O)[C@H]1CC(O)CN1C(=O)OC(C)(C)C. The summed E-state index contributed by atoms with van der Waals surface area (Å²) in [6.45, 7) is 7.28. The largest absolute Gasteiger partial charge is 0.464 e. The molecule has 0 aliphatic carbocycles. The summed E-state index contributed by atoms with van der Waals surface area (Å²) in [4.78, 5) is 24.8. The van der Waals surface area contributed by atoms with E-state index in [1.807, 2.05) is 0 Å². The van der Waals surface area contributed by atoms with Crippen LogP contribution in [0.15, 0.2) is 0 Å². The van der Waals surface area contributed by atoms with Gasteiger partial charge in [0.1, 0.15) is 11.6 Å². The Morgan fingerprint density at radius 1 is 1.39 bits per heavy atom. The van der Waals surface area contributed by atoms with E-state index in [-0.39, 0.29) is 19.6 Å². The molecule has 1 rings (SSSR count). The van der Waals surface area contributed by atoms with E-state index in [4.69, 9.17) is 9.47 Å². The minimum atomic E-state index is -0.755. The Kier molecular flexibility index (Phi) is 4.56. The van der Waals surface area contributed by atoms with Crippen molar-refractivity contribution in [2.75, 3.05) is 13.2 Å². The monoisotopic (exact) mass is 259 g/mol. The number of aliphatic hydroxyl groups excluding tert-OH is 1. The Morgan fingerprint density at radius 3 is 2.50 bits per heavy atom. The van der Waals surface area contributed by atoms with Gasteiger partial charge in [0.2, 0.25) is 0 Å². The van der Waals surface area contributed by atoms with E-state index in [2.05, 4.69) is 0 Å². The minimum absolute atomic E-state index is 0.0956. The van der Waals surface area contributed by atoms with Gasteiger partial charge in [0, 0.05) is 6.42 Å². The lowest BCUT2D eigenvalue weighted by Gasteiger charge is -2.27. The highest BCUT2D eigenvalue weighted by Crippen LogP contribution is 2.22. The molecule has 0 spiro atoms. The second-order valence-electron chi connectivity index (χ2n) is 5.29. The van der Waals surface area contributed by atoms with Crippen molar-refractivity contribution in [1.29, 1.82) is 0 Å². The van der Waals surface area contributed by atoms with Crippen molar-refractivity contribution in [3.8, 4) is 0 Å². The molecular formula is C12H21NO5. The standard InChI is InChI=1S/C12H21NO5/c1-5-17-10(15)9-6-8(14)7-13(9)11(16)18-12(2,3)4/h8-9,14H,5-7H2,1-4H3/t8?,9-/m1/s1. The molecule has 1 amide bonds. The molecule has 6 heteroatoms. The maximum atomic E-state index is 11.9. The summed E-state index contributed by atoms with van der Waals surface area (Å²) in [6, 6.07) is -0.755. The predicted molar refractivity (Wildman–Crippen MR) is 64.0 cm³/mol. The van der Waals surface area contributed by atoms with Crippen LogP contribution in [-0.2, 0) is 14.3 Å². The van der Waals surface area contributed by atoms with Crippen molar-refractivity contribution in [3.05, 3.63) is 0 Å². The molecule has 2 atom stereocenters. The van der Waals surface area contributed by atoms with Gasteiger partial charge >= 0.3 is 12.1 Å². The van der Waals surface area contributed by atoms with Gasteiger partial charge in [0.25, 0.3) is 0 Å². The van der Waals surface area contributed by atoms with Gasteiger partial charge in [0.05, 0.1) is 19.3 Å². The number of carbonyl (C=O) groups excluding carboxylic acids is 2. The summed E-state index contributed by atoms with van der Waals surface area (Å²) in [6.07, 6.45) is -1.12. The van der Waals surface area contributed by atoms with Crippen LogP contribution in [0.1, 0.15) is 34.1 Å². The lowest BCUT2D eigenvalue weighted by molar-refractivity contribution is -0.148. The van der Waals surface area contributed by atoms with E-state index in [9.17, 15) is 14.7 Å². The van der Waals surface area contributed by atoms with Crippen molar-refractivity contribution >= 4 is 12.1 Å². The van der Waals surface area contributed by atoms with E-state index in [1.54, 1.807) is 27.7 Å². The van der Waals surface area contributed by atoms with Crippen LogP contribution in [0.5, 0.6) is 0 Å². The first-order valence-corrected chi connectivity index (χ1v) is 6.09. The van der Waals surface area contributed by atoms with E-state index < -0.39 is 29.8 Å². The van der Waals surface area contributed by atoms with Gasteiger partial charge in [-0.15, -0.1) is 0 Å². The Balaban J connectivity index is 2.72. The molecule has 1 heterocycles. The average molecular weight is 259 g/mol. The molecule has 1 aliphatic rings. The number of hydrogen-bond donors (Lipinski definition) is 1. The first kappa shape index (κ1) is 14.8. The molecule has 1 N–H and O–H groups in total. The molecule has 6 nitrogen and oxygen atoms in total. The van der Waals surface area contributed by atoms with E-state index in [1.165, 1.54) is 4.90 Å². The summed E-state index contributed by atoms with van der Waals surface area (Å²) in [5.74, 6) is -0.500. The fourth-order valence-electron chi connectivity index (χ4n) is 1.80. The van der Waals surface area contributed by atoms with Gasteiger partial charge in [-0.2, -0.15) is 0 Å². The molecule has 1 aliphatic heterocycles. The highest BCUT2D eigenvalue weighted by Gasteiger charge is 2.41. The zero-order valence-electron chi connectivity index (χ0n) is 11.3. The van der Waals surface area contributed by atoms with Gasteiger partial charge in [-0.1, -0.05) is 0 Å². The minimum Gasteiger partial charge on any atom is -0.464 e. The number of carbonyl (C=O) groups is 2. The topological polar surface area (TPSA) is 76.1 Å². The molecule has 18 heavy (non-hydrogen) atoms. The number of esters is 1. The highest BCUT2D eigenvalue weighted by molar-refractivity contribution is 5.82. The number of ether oxygens (including phenoxy) is 2. The first-order chi connectivity index (χ1) is 8.24. The predicted octanol–water partition coefficient (Wildman–Crippen LogP) is 0.920. The van der Waals surface area contributed by atoms with Crippen LogP contribution in [0.4, 0.5) is 4.79 Å². The van der Waals surface area contributed by atoms with Gasteiger partial charge in [-0.05, 0) is 27.7 Å². The molecule has 1 unspecified atom stereocenters. The number of rotatable bonds is 2. The highest BCUT2D eigenvalue weighted by atomic mass is 16.6. The molecule has 0 aromatic carbocycles. The molecule has 0 radical (unpaired) electrons.